The highest BCUT2D eigenvalue weighted by Crippen LogP contribution is 2.58. The minimum Gasteiger partial charge on any atom is -0.493 e. The number of nitrogens with zero attached hydrogens (tertiary/aromatic N) is 2. The molecule has 3 aliphatic rings. The fourth-order valence-corrected chi connectivity index (χ4v) is 4.52. The van der Waals surface area contributed by atoms with E-state index in [1.165, 1.54) is 0 Å². The number of hydrogen-bond acceptors (Lipinski definition) is 4. The fraction of sp³-hybridized carbons (Fsp3) is 0.526. The minimum atomic E-state index is -0.483. The van der Waals surface area contributed by atoms with Crippen LogP contribution in [0.5, 0.6) is 11.5 Å². The van der Waals surface area contributed by atoms with Gasteiger partial charge >= 0.3 is 6.17 Å². The van der Waals surface area contributed by atoms with Crippen LogP contribution >= 0.6 is 0 Å². The van der Waals surface area contributed by atoms with Gasteiger partial charge in [0.25, 0.3) is 0 Å². The molecule has 0 bridgehead atoms. The van der Waals surface area contributed by atoms with Gasteiger partial charge in [-0.1, -0.05) is 12.2 Å². The van der Waals surface area contributed by atoms with Gasteiger partial charge in [-0.2, -0.15) is 0 Å². The summed E-state index contributed by atoms with van der Waals surface area (Å²) in [5.41, 5.74) is 2.92. The second kappa shape index (κ2) is 5.23. The van der Waals surface area contributed by atoms with Crippen LogP contribution in [0, 0.1) is 13.5 Å². The molecule has 1 aromatic carbocycles. The highest BCUT2D eigenvalue weighted by atomic mass is 16.5. The van der Waals surface area contributed by atoms with Gasteiger partial charge in [-0.25, -0.2) is 11.5 Å². The first-order valence-electron chi connectivity index (χ1n) is 8.34. The Morgan fingerprint density at radius 3 is 3.00 bits per heavy atom. The van der Waals surface area contributed by atoms with Crippen LogP contribution in [-0.2, 0) is 5.41 Å². The Morgan fingerprint density at radius 2 is 2.29 bits per heavy atom. The van der Waals surface area contributed by atoms with Gasteiger partial charge in [-0.05, 0) is 32.0 Å². The summed E-state index contributed by atoms with van der Waals surface area (Å²) in [4.78, 5) is 6.02. The van der Waals surface area contributed by atoms with E-state index in [0.29, 0.717) is 6.42 Å². The molecule has 0 saturated heterocycles. The molecule has 0 radical (unpaired) electrons. The lowest BCUT2D eigenvalue weighted by Gasteiger charge is -2.35. The zero-order valence-electron chi connectivity index (χ0n) is 14.2. The SMILES string of the molecule is [C-]#[N+]C1c2c(C)cc(OC)c3c2C2(C=C[C@H](O)CC2O3)CCN1C. The van der Waals surface area contributed by atoms with Gasteiger partial charge in [0.2, 0.25) is 0 Å². The molecule has 5 heteroatoms. The first-order chi connectivity index (χ1) is 11.5. The minimum absolute atomic E-state index is 0.111. The second-order valence-electron chi connectivity index (χ2n) is 7.06. The van der Waals surface area contributed by atoms with E-state index >= 15 is 0 Å². The van der Waals surface area contributed by atoms with Crippen molar-refractivity contribution in [2.24, 2.45) is 0 Å². The molecule has 0 amide bonds. The van der Waals surface area contributed by atoms with Crippen molar-refractivity contribution in [1.82, 2.24) is 4.90 Å². The van der Waals surface area contributed by atoms with Crippen LogP contribution in [0.1, 0.15) is 35.7 Å². The molecule has 1 aromatic rings. The molecular weight excluding hydrogens is 304 g/mol. The molecule has 0 fully saturated rings. The van der Waals surface area contributed by atoms with Crippen molar-refractivity contribution in [2.75, 3.05) is 20.7 Å². The van der Waals surface area contributed by atoms with E-state index in [9.17, 15) is 5.11 Å². The largest absolute Gasteiger partial charge is 0.493 e. The molecule has 126 valence electrons. The molecule has 0 saturated carbocycles. The van der Waals surface area contributed by atoms with Gasteiger partial charge < -0.3 is 14.6 Å². The summed E-state index contributed by atoms with van der Waals surface area (Å²) in [6, 6.07) is 1.97. The molecule has 0 aromatic heterocycles. The third kappa shape index (κ3) is 1.87. The van der Waals surface area contributed by atoms with Gasteiger partial charge in [0.1, 0.15) is 6.10 Å². The number of rotatable bonds is 1. The molecule has 1 N–H and O–H groups in total. The smallest absolute Gasteiger partial charge is 0.305 e. The summed E-state index contributed by atoms with van der Waals surface area (Å²) in [7, 11) is 3.66. The number of benzene rings is 1. The van der Waals surface area contributed by atoms with E-state index in [-0.39, 0.29) is 17.7 Å². The van der Waals surface area contributed by atoms with Crippen LogP contribution in [0.25, 0.3) is 4.85 Å². The van der Waals surface area contributed by atoms with Gasteiger partial charge in [0.05, 0.1) is 24.2 Å². The average molecular weight is 326 g/mol. The van der Waals surface area contributed by atoms with Crippen LogP contribution in [0.4, 0.5) is 0 Å². The number of aliphatic hydroxyl groups excluding tert-OH is 1. The lowest BCUT2D eigenvalue weighted by Crippen LogP contribution is -2.42. The average Bonchev–Trinajstić information content (AvgIpc) is 2.82. The van der Waals surface area contributed by atoms with E-state index < -0.39 is 6.10 Å². The molecule has 4 atom stereocenters. The van der Waals surface area contributed by atoms with Crippen LogP contribution < -0.4 is 9.47 Å². The third-order valence-corrected chi connectivity index (χ3v) is 5.76. The number of methoxy groups -OCH3 is 1. The summed E-state index contributed by atoms with van der Waals surface area (Å²) >= 11 is 0. The predicted molar refractivity (Wildman–Crippen MR) is 90.2 cm³/mol. The first-order valence-corrected chi connectivity index (χ1v) is 8.34. The van der Waals surface area contributed by atoms with E-state index in [1.54, 1.807) is 7.11 Å². The Bertz CT molecular complexity index is 767. The number of aliphatic hydroxyl groups is 1. The standard InChI is InChI=1S/C19H22N2O3/c1-11-9-13(23-4)17-16-15(11)18(20-2)21(3)8-7-19(16)6-5-12(22)10-14(19)24-17/h5-6,9,12,14,18,22H,7-8,10H2,1,3-4H3/t12-,14?,18?,19?/m0/s1. The first kappa shape index (κ1) is 15.5. The monoisotopic (exact) mass is 326 g/mol. The Balaban J connectivity index is 2.05. The fourth-order valence-electron chi connectivity index (χ4n) is 4.52. The van der Waals surface area contributed by atoms with Crippen molar-refractivity contribution in [1.29, 1.82) is 0 Å². The Hall–Kier alpha value is -2.03. The molecule has 1 spiro atoms. The van der Waals surface area contributed by atoms with E-state index in [0.717, 1.165) is 41.2 Å². The molecule has 2 aliphatic heterocycles. The number of hydrogen-bond donors (Lipinski definition) is 1. The molecule has 4 rings (SSSR count). The lowest BCUT2D eigenvalue weighted by molar-refractivity contribution is 0.0816. The Morgan fingerprint density at radius 1 is 1.50 bits per heavy atom. The maximum absolute atomic E-state index is 10.1. The van der Waals surface area contributed by atoms with E-state index in [4.69, 9.17) is 16.0 Å². The molecule has 1 aliphatic carbocycles. The molecule has 3 unspecified atom stereocenters. The molecule has 2 heterocycles. The Kier molecular flexibility index (Phi) is 3.38. The van der Waals surface area contributed by atoms with Crippen molar-refractivity contribution in [3.8, 4) is 11.5 Å². The van der Waals surface area contributed by atoms with E-state index in [2.05, 4.69) is 15.8 Å². The molecular formula is C19H22N2O3. The van der Waals surface area contributed by atoms with Crippen molar-refractivity contribution in [2.45, 2.75) is 43.6 Å². The van der Waals surface area contributed by atoms with Gasteiger partial charge in [0, 0.05) is 18.5 Å². The predicted octanol–water partition coefficient (Wildman–Crippen LogP) is 2.58. The second-order valence-corrected chi connectivity index (χ2v) is 7.06. The quantitative estimate of drug-likeness (QED) is 0.636. The lowest BCUT2D eigenvalue weighted by atomic mass is 9.68. The maximum Gasteiger partial charge on any atom is 0.305 e. The van der Waals surface area contributed by atoms with Crippen molar-refractivity contribution in [3.63, 3.8) is 0 Å². The Labute approximate surface area is 142 Å². The highest BCUT2D eigenvalue weighted by Gasteiger charge is 2.55. The van der Waals surface area contributed by atoms with Crippen molar-refractivity contribution >= 4 is 0 Å². The van der Waals surface area contributed by atoms with Gasteiger partial charge in [0.15, 0.2) is 11.5 Å². The molecule has 24 heavy (non-hydrogen) atoms. The summed E-state index contributed by atoms with van der Waals surface area (Å²) < 4.78 is 11.9. The topological polar surface area (TPSA) is 46.3 Å². The number of aryl methyl sites for hydroxylation is 1. The third-order valence-electron chi connectivity index (χ3n) is 5.76. The maximum atomic E-state index is 10.1. The van der Waals surface area contributed by atoms with Gasteiger partial charge in [-0.15, -0.1) is 0 Å². The van der Waals surface area contributed by atoms with Crippen LogP contribution in [0.2, 0.25) is 0 Å². The zero-order valence-corrected chi connectivity index (χ0v) is 14.2. The van der Waals surface area contributed by atoms with Crippen molar-refractivity contribution in [3.05, 3.63) is 46.3 Å². The summed E-state index contributed by atoms with van der Waals surface area (Å²) in [6.45, 7) is 10.6. The zero-order chi connectivity index (χ0) is 17.1. The van der Waals surface area contributed by atoms with Crippen LogP contribution in [-0.4, -0.2) is 42.9 Å². The van der Waals surface area contributed by atoms with E-state index in [1.807, 2.05) is 26.1 Å². The normalized spacial score (nSPS) is 33.9. The van der Waals surface area contributed by atoms with Gasteiger partial charge in [-0.3, -0.25) is 4.85 Å². The summed E-state index contributed by atoms with van der Waals surface area (Å²) in [5.74, 6) is 1.47. The van der Waals surface area contributed by atoms with Crippen LogP contribution in [0.15, 0.2) is 18.2 Å². The number of ether oxygens (including phenoxy) is 2. The van der Waals surface area contributed by atoms with Crippen LogP contribution in [0.3, 0.4) is 0 Å². The summed E-state index contributed by atoms with van der Waals surface area (Å²) in [6.07, 6.45) is 4.52. The summed E-state index contributed by atoms with van der Waals surface area (Å²) in [5, 5.41) is 10.1. The molecule has 5 nitrogen and oxygen atoms in total. The van der Waals surface area contributed by atoms with Crippen molar-refractivity contribution < 1.29 is 14.6 Å². The highest BCUT2D eigenvalue weighted by molar-refractivity contribution is 5.64.